The number of aliphatic hydroxyl groups is 1. The summed E-state index contributed by atoms with van der Waals surface area (Å²) >= 11 is 0. The lowest BCUT2D eigenvalue weighted by Crippen LogP contribution is -2.41. The van der Waals surface area contributed by atoms with Gasteiger partial charge < -0.3 is 15.0 Å². The number of aromatic amines is 2. The van der Waals surface area contributed by atoms with Gasteiger partial charge >= 0.3 is 0 Å². The van der Waals surface area contributed by atoms with Crippen molar-refractivity contribution in [3.05, 3.63) is 35.5 Å². The van der Waals surface area contributed by atoms with Crippen LogP contribution in [0.3, 0.4) is 0 Å². The quantitative estimate of drug-likeness (QED) is 0.542. The molecule has 1 saturated carbocycles. The number of hydrogen-bond donors (Lipinski definition) is 3. The first-order valence-electron chi connectivity index (χ1n) is 12.0. The van der Waals surface area contributed by atoms with Crippen LogP contribution >= 0.6 is 0 Å². The second-order valence-corrected chi connectivity index (χ2v) is 10.6. The Morgan fingerprint density at radius 3 is 2.78 bits per heavy atom. The largest absolute Gasteiger partial charge is 0.383 e. The van der Waals surface area contributed by atoms with Crippen LogP contribution in [0.15, 0.2) is 24.3 Å². The van der Waals surface area contributed by atoms with Crippen LogP contribution in [0.1, 0.15) is 63.6 Å². The zero-order valence-electron chi connectivity index (χ0n) is 19.4. The van der Waals surface area contributed by atoms with Crippen molar-refractivity contribution in [2.45, 2.75) is 71.3 Å². The molecule has 0 saturated heterocycles. The summed E-state index contributed by atoms with van der Waals surface area (Å²) in [4.78, 5) is 18.0. The number of rotatable bonds is 4. The molecular formula is C26H34N4O2. The van der Waals surface area contributed by atoms with Crippen molar-refractivity contribution in [2.75, 3.05) is 11.9 Å². The van der Waals surface area contributed by atoms with E-state index in [9.17, 15) is 9.90 Å². The third-order valence-electron chi connectivity index (χ3n) is 7.59. The molecule has 6 nitrogen and oxygen atoms in total. The van der Waals surface area contributed by atoms with E-state index in [2.05, 4.69) is 35.1 Å². The number of carbonyl (C=O) groups excluding carboxylic acids is 1. The first-order valence-corrected chi connectivity index (χ1v) is 12.0. The molecule has 2 heterocycles. The fourth-order valence-corrected chi connectivity index (χ4v) is 5.50. The molecule has 5 rings (SSSR count). The first kappa shape index (κ1) is 21.3. The first-order chi connectivity index (χ1) is 15.3. The number of nitrogens with one attached hydrogen (secondary N) is 2. The number of carbonyl (C=O) groups is 1. The van der Waals surface area contributed by atoms with Gasteiger partial charge in [-0.3, -0.25) is 9.89 Å². The molecule has 1 aromatic carbocycles. The monoisotopic (exact) mass is 434 g/mol. The van der Waals surface area contributed by atoms with Gasteiger partial charge in [0, 0.05) is 34.9 Å². The molecule has 170 valence electrons. The number of aliphatic hydroxyl groups excluding tert-OH is 1. The average Bonchev–Trinajstić information content (AvgIpc) is 3.40. The van der Waals surface area contributed by atoms with Gasteiger partial charge in [0.05, 0.1) is 5.69 Å². The van der Waals surface area contributed by atoms with Crippen LogP contribution in [0.5, 0.6) is 0 Å². The lowest BCUT2D eigenvalue weighted by Gasteiger charge is -2.29. The van der Waals surface area contributed by atoms with Crippen molar-refractivity contribution in [3.63, 3.8) is 0 Å². The van der Waals surface area contributed by atoms with E-state index in [1.165, 1.54) is 17.7 Å². The van der Waals surface area contributed by atoms with Crippen LogP contribution in [-0.2, 0) is 17.6 Å². The SMILES string of the molecule is CN(C(=O)[C@H](O)C1CCCCC1)c1ccc2cc(-c3n[nH]c4c3CCC(C)(C)C4)[nH]c2c1. The third kappa shape index (κ3) is 3.85. The van der Waals surface area contributed by atoms with Crippen LogP contribution in [-0.4, -0.2) is 39.3 Å². The highest BCUT2D eigenvalue weighted by Crippen LogP contribution is 2.38. The van der Waals surface area contributed by atoms with E-state index in [1.54, 1.807) is 11.9 Å². The number of likely N-dealkylation sites (N-methyl/N-ethyl adjacent to an activating group) is 1. The van der Waals surface area contributed by atoms with E-state index in [4.69, 9.17) is 0 Å². The molecule has 6 heteroatoms. The highest BCUT2D eigenvalue weighted by Gasteiger charge is 2.31. The highest BCUT2D eigenvalue weighted by atomic mass is 16.3. The maximum atomic E-state index is 12.9. The standard InChI is InChI=1S/C26H34N4O2/c1-26(2)12-11-19-22(15-26)28-29-23(19)21-13-17-9-10-18(14-20(17)27-21)30(3)25(32)24(31)16-7-5-4-6-8-16/h9-10,13-14,16,24,27,31H,4-8,11-12,15H2,1-3H3,(H,28,29)/t24-/m1/s1. The molecule has 2 aliphatic carbocycles. The van der Waals surface area contributed by atoms with Gasteiger partial charge in [-0.25, -0.2) is 0 Å². The number of fused-ring (bicyclic) bond motifs is 2. The Balaban J connectivity index is 1.39. The predicted molar refractivity (Wildman–Crippen MR) is 128 cm³/mol. The molecule has 32 heavy (non-hydrogen) atoms. The summed E-state index contributed by atoms with van der Waals surface area (Å²) in [6, 6.07) is 8.11. The molecule has 0 spiro atoms. The Hall–Kier alpha value is -2.60. The third-order valence-corrected chi connectivity index (χ3v) is 7.59. The minimum atomic E-state index is -0.921. The molecule has 1 fully saturated rings. The summed E-state index contributed by atoms with van der Waals surface area (Å²) in [5, 5.41) is 19.6. The van der Waals surface area contributed by atoms with Crippen LogP contribution in [0.4, 0.5) is 5.69 Å². The topological polar surface area (TPSA) is 85.0 Å². The van der Waals surface area contributed by atoms with Crippen molar-refractivity contribution in [3.8, 4) is 11.4 Å². The normalized spacial score (nSPS) is 19.6. The molecular weight excluding hydrogens is 400 g/mol. The maximum absolute atomic E-state index is 12.9. The molecule has 3 aromatic rings. The highest BCUT2D eigenvalue weighted by molar-refractivity contribution is 5.98. The second-order valence-electron chi connectivity index (χ2n) is 10.6. The van der Waals surface area contributed by atoms with Gasteiger partial charge in [0.25, 0.3) is 5.91 Å². The van der Waals surface area contributed by atoms with Crippen molar-refractivity contribution in [2.24, 2.45) is 11.3 Å². The number of aromatic nitrogens is 3. The summed E-state index contributed by atoms with van der Waals surface area (Å²) in [6.45, 7) is 4.62. The van der Waals surface area contributed by atoms with Gasteiger partial charge in [0.15, 0.2) is 0 Å². The fourth-order valence-electron chi connectivity index (χ4n) is 5.50. The van der Waals surface area contributed by atoms with Gasteiger partial charge in [-0.15, -0.1) is 0 Å². The van der Waals surface area contributed by atoms with Crippen molar-refractivity contribution in [1.82, 2.24) is 15.2 Å². The van der Waals surface area contributed by atoms with E-state index in [1.807, 2.05) is 18.2 Å². The van der Waals surface area contributed by atoms with E-state index in [0.717, 1.165) is 72.9 Å². The number of H-pyrrole nitrogens is 2. The van der Waals surface area contributed by atoms with Crippen LogP contribution in [0.2, 0.25) is 0 Å². The average molecular weight is 435 g/mol. The summed E-state index contributed by atoms with van der Waals surface area (Å²) in [6.07, 6.45) is 7.57. The van der Waals surface area contributed by atoms with Crippen molar-refractivity contribution < 1.29 is 9.90 Å². The fraction of sp³-hybridized carbons (Fsp3) is 0.538. The Bertz CT molecular complexity index is 1140. The number of nitrogens with zero attached hydrogens (tertiary/aromatic N) is 2. The number of amides is 1. The van der Waals surface area contributed by atoms with Gasteiger partial charge in [0.2, 0.25) is 0 Å². The zero-order valence-corrected chi connectivity index (χ0v) is 19.4. The van der Waals surface area contributed by atoms with Crippen molar-refractivity contribution >= 4 is 22.5 Å². The van der Waals surface area contributed by atoms with E-state index < -0.39 is 6.10 Å². The lowest BCUT2D eigenvalue weighted by molar-refractivity contribution is -0.129. The van der Waals surface area contributed by atoms with E-state index >= 15 is 0 Å². The predicted octanol–water partition coefficient (Wildman–Crippen LogP) is 4.98. The minimum absolute atomic E-state index is 0.0790. The summed E-state index contributed by atoms with van der Waals surface area (Å²) in [7, 11) is 1.76. The Morgan fingerprint density at radius 1 is 1.22 bits per heavy atom. The zero-order chi connectivity index (χ0) is 22.5. The van der Waals surface area contributed by atoms with Crippen molar-refractivity contribution in [1.29, 1.82) is 0 Å². The molecule has 1 amide bonds. The molecule has 1 atom stereocenters. The minimum Gasteiger partial charge on any atom is -0.383 e. The maximum Gasteiger partial charge on any atom is 0.255 e. The lowest BCUT2D eigenvalue weighted by atomic mass is 9.76. The van der Waals surface area contributed by atoms with Crippen LogP contribution in [0.25, 0.3) is 22.3 Å². The van der Waals surface area contributed by atoms with Gasteiger partial charge in [0.1, 0.15) is 11.8 Å². The molecule has 3 N–H and O–H groups in total. The van der Waals surface area contributed by atoms with Gasteiger partial charge in [-0.2, -0.15) is 5.10 Å². The second kappa shape index (κ2) is 8.07. The molecule has 2 aromatic heterocycles. The Morgan fingerprint density at radius 2 is 2.00 bits per heavy atom. The smallest absolute Gasteiger partial charge is 0.255 e. The molecule has 0 bridgehead atoms. The number of hydrogen-bond acceptors (Lipinski definition) is 3. The Kier molecular flexibility index (Phi) is 5.36. The number of benzene rings is 1. The molecule has 0 aliphatic heterocycles. The molecule has 2 aliphatic rings. The van der Waals surface area contributed by atoms with Crippen LogP contribution in [0, 0.1) is 11.3 Å². The van der Waals surface area contributed by atoms with Gasteiger partial charge in [-0.05, 0) is 61.6 Å². The number of anilines is 1. The summed E-state index contributed by atoms with van der Waals surface area (Å²) in [5.41, 5.74) is 6.65. The summed E-state index contributed by atoms with van der Waals surface area (Å²) < 4.78 is 0. The van der Waals surface area contributed by atoms with Crippen LogP contribution < -0.4 is 4.90 Å². The Labute approximate surface area is 189 Å². The van der Waals surface area contributed by atoms with Gasteiger partial charge in [-0.1, -0.05) is 39.2 Å². The van der Waals surface area contributed by atoms with E-state index in [0.29, 0.717) is 5.41 Å². The summed E-state index contributed by atoms with van der Waals surface area (Å²) in [5.74, 6) is -0.137. The molecule has 0 unspecified atom stereocenters. The molecule has 0 radical (unpaired) electrons. The van der Waals surface area contributed by atoms with E-state index in [-0.39, 0.29) is 11.8 Å².